The number of carbonyl (C=O) groups excluding carboxylic acids is 1. The number of hydrogen-bond acceptors (Lipinski definition) is 3. The average molecular weight is 200 g/mol. The van der Waals surface area contributed by atoms with Crippen molar-refractivity contribution >= 4 is 57.7 Å². The van der Waals surface area contributed by atoms with Crippen LogP contribution in [0.25, 0.3) is 0 Å². The summed E-state index contributed by atoms with van der Waals surface area (Å²) in [5.74, 6) is 0. The van der Waals surface area contributed by atoms with E-state index in [1.165, 1.54) is 0 Å². The molecule has 4 heteroatoms. The molecule has 0 unspecified atom stereocenters. The Morgan fingerprint density at radius 3 is 2.42 bits per heavy atom. The molecule has 0 aromatic heterocycles. The molecule has 0 atom stereocenters. The van der Waals surface area contributed by atoms with Crippen LogP contribution in [0.3, 0.4) is 0 Å². The fourth-order valence-corrected chi connectivity index (χ4v) is 0.598. The zero-order valence-corrected chi connectivity index (χ0v) is 7.04. The first-order valence-corrected chi connectivity index (χ1v) is 4.01. The van der Waals surface area contributed by atoms with Gasteiger partial charge in [-0.25, -0.2) is 0 Å². The molecule has 0 saturated heterocycles. The quantitative estimate of drug-likeness (QED) is 0.323. The van der Waals surface area contributed by atoms with E-state index < -0.39 is 0 Å². The molecular formula is C8H17KO3. The predicted octanol–water partition coefficient (Wildman–Crippen LogP) is 0.370. The Morgan fingerprint density at radius 2 is 1.83 bits per heavy atom. The number of rotatable bonds is 8. The van der Waals surface area contributed by atoms with Gasteiger partial charge >= 0.3 is 51.4 Å². The van der Waals surface area contributed by atoms with Crippen molar-refractivity contribution in [1.29, 1.82) is 0 Å². The van der Waals surface area contributed by atoms with E-state index in [0.29, 0.717) is 13.2 Å². The third kappa shape index (κ3) is 13.8. The summed E-state index contributed by atoms with van der Waals surface area (Å²) in [6.07, 6.45) is 2.98. The van der Waals surface area contributed by atoms with Crippen LogP contribution >= 0.6 is 0 Å². The van der Waals surface area contributed by atoms with Gasteiger partial charge in [-0.1, -0.05) is 13.3 Å². The molecule has 3 nitrogen and oxygen atoms in total. The zero-order valence-electron chi connectivity index (χ0n) is 7.04. The second kappa shape index (κ2) is 14.7. The summed E-state index contributed by atoms with van der Waals surface area (Å²) < 4.78 is 10.0. The normalized spacial score (nSPS) is 9.08. The van der Waals surface area contributed by atoms with Crippen LogP contribution in [0.15, 0.2) is 0 Å². The first kappa shape index (κ1) is 15.7. The van der Waals surface area contributed by atoms with Crippen molar-refractivity contribution < 1.29 is 14.3 Å². The maximum absolute atomic E-state index is 9.77. The van der Waals surface area contributed by atoms with Crippen molar-refractivity contribution in [2.45, 2.75) is 19.8 Å². The van der Waals surface area contributed by atoms with Gasteiger partial charge in [-0.05, 0) is 6.42 Å². The maximum atomic E-state index is 9.77. The molecular weight excluding hydrogens is 183 g/mol. The molecule has 12 heavy (non-hydrogen) atoms. The van der Waals surface area contributed by atoms with Gasteiger partial charge in [0, 0.05) is 6.61 Å². The molecule has 0 N–H and O–H groups in total. The van der Waals surface area contributed by atoms with Crippen LogP contribution in [0, 0.1) is 0 Å². The van der Waals surface area contributed by atoms with Gasteiger partial charge in [-0.15, -0.1) is 0 Å². The number of hydrogen-bond donors (Lipinski definition) is 0. The second-order valence-electron chi connectivity index (χ2n) is 2.21. The molecule has 68 valence electrons. The first-order valence-electron chi connectivity index (χ1n) is 4.01. The van der Waals surface area contributed by atoms with Crippen molar-refractivity contribution in [1.82, 2.24) is 0 Å². The minimum absolute atomic E-state index is 0. The Balaban J connectivity index is 0. The van der Waals surface area contributed by atoms with E-state index in [-0.39, 0.29) is 58.0 Å². The number of ether oxygens (including phenoxy) is 2. The molecule has 0 rings (SSSR count). The van der Waals surface area contributed by atoms with Gasteiger partial charge in [-0.2, -0.15) is 0 Å². The van der Waals surface area contributed by atoms with Crippen molar-refractivity contribution in [2.75, 3.05) is 26.4 Å². The van der Waals surface area contributed by atoms with Gasteiger partial charge in [0.15, 0.2) is 0 Å². The molecule has 0 radical (unpaired) electrons. The Labute approximate surface area is 117 Å². The zero-order chi connectivity index (χ0) is 8.36. The summed E-state index contributed by atoms with van der Waals surface area (Å²) in [4.78, 5) is 9.77. The van der Waals surface area contributed by atoms with Crippen molar-refractivity contribution in [3.8, 4) is 0 Å². The minimum atomic E-state index is 0. The summed E-state index contributed by atoms with van der Waals surface area (Å²) in [7, 11) is 0. The Hall–Kier alpha value is 1.23. The summed E-state index contributed by atoms with van der Waals surface area (Å²) in [5.41, 5.74) is 0. The summed E-state index contributed by atoms with van der Waals surface area (Å²) in [6, 6.07) is 0. The molecule has 0 heterocycles. The molecule has 0 fully saturated rings. The second-order valence-corrected chi connectivity index (χ2v) is 2.21. The van der Waals surface area contributed by atoms with E-state index in [9.17, 15) is 4.79 Å². The molecule has 0 aliphatic carbocycles. The van der Waals surface area contributed by atoms with E-state index >= 15 is 0 Å². The monoisotopic (exact) mass is 200 g/mol. The van der Waals surface area contributed by atoms with Crippen LogP contribution in [0.5, 0.6) is 0 Å². The molecule has 0 bridgehead atoms. The van der Waals surface area contributed by atoms with Crippen LogP contribution in [0.1, 0.15) is 19.8 Å². The van der Waals surface area contributed by atoms with Crippen molar-refractivity contribution in [2.24, 2.45) is 0 Å². The van der Waals surface area contributed by atoms with Gasteiger partial charge in [0.1, 0.15) is 12.9 Å². The number of aldehydes is 1. The van der Waals surface area contributed by atoms with Crippen LogP contribution < -0.4 is 0 Å². The molecule has 0 aromatic rings. The van der Waals surface area contributed by atoms with Gasteiger partial charge in [0.05, 0.1) is 13.2 Å². The third-order valence-electron chi connectivity index (χ3n) is 1.20. The standard InChI is InChI=1S/C8H16O3.K.H/c1-2-3-5-10-7-8-11-6-4-9;;/h4H,2-3,5-8H2,1H3;;. The third-order valence-corrected chi connectivity index (χ3v) is 1.20. The van der Waals surface area contributed by atoms with E-state index in [1.807, 2.05) is 0 Å². The van der Waals surface area contributed by atoms with Gasteiger partial charge in [-0.3, -0.25) is 0 Å². The Kier molecular flexibility index (Phi) is 19.3. The first-order chi connectivity index (χ1) is 5.41. The number of unbranched alkanes of at least 4 members (excludes halogenated alkanes) is 1. The summed E-state index contributed by atoms with van der Waals surface area (Å²) in [6.45, 7) is 4.20. The average Bonchev–Trinajstić information content (AvgIpc) is 2.03. The SMILES string of the molecule is CCCCOCCOCC=O.[KH]. The topological polar surface area (TPSA) is 35.5 Å². The summed E-state index contributed by atoms with van der Waals surface area (Å²) >= 11 is 0. The number of carbonyl (C=O) groups is 1. The van der Waals surface area contributed by atoms with Gasteiger partial charge < -0.3 is 14.3 Å². The van der Waals surface area contributed by atoms with Crippen molar-refractivity contribution in [3.05, 3.63) is 0 Å². The van der Waals surface area contributed by atoms with E-state index in [4.69, 9.17) is 9.47 Å². The van der Waals surface area contributed by atoms with E-state index in [2.05, 4.69) is 6.92 Å². The predicted molar refractivity (Wildman–Crippen MR) is 49.8 cm³/mol. The van der Waals surface area contributed by atoms with Crippen LogP contribution in [0.4, 0.5) is 0 Å². The Morgan fingerprint density at radius 1 is 1.17 bits per heavy atom. The fourth-order valence-electron chi connectivity index (χ4n) is 0.598. The molecule has 0 aliphatic rings. The van der Waals surface area contributed by atoms with Crippen LogP contribution in [0.2, 0.25) is 0 Å². The Bertz CT molecular complexity index is 88.4. The molecule has 0 saturated carbocycles. The van der Waals surface area contributed by atoms with E-state index in [0.717, 1.165) is 25.7 Å². The van der Waals surface area contributed by atoms with Gasteiger partial charge in [0.2, 0.25) is 0 Å². The van der Waals surface area contributed by atoms with E-state index in [1.54, 1.807) is 0 Å². The molecule has 0 aromatic carbocycles. The molecule has 0 aliphatic heterocycles. The van der Waals surface area contributed by atoms with Crippen LogP contribution in [-0.2, 0) is 14.3 Å². The van der Waals surface area contributed by atoms with Crippen molar-refractivity contribution in [3.63, 3.8) is 0 Å². The molecule has 0 amide bonds. The molecule has 0 spiro atoms. The fraction of sp³-hybridized carbons (Fsp3) is 0.875. The van der Waals surface area contributed by atoms with Gasteiger partial charge in [0.25, 0.3) is 0 Å². The van der Waals surface area contributed by atoms with Crippen LogP contribution in [-0.4, -0.2) is 84.1 Å². The summed E-state index contributed by atoms with van der Waals surface area (Å²) in [5, 5.41) is 0.